The highest BCUT2D eigenvalue weighted by Crippen LogP contribution is 2.29. The smallest absolute Gasteiger partial charge is 0.283 e. The fourth-order valence-electron chi connectivity index (χ4n) is 3.45. The summed E-state index contributed by atoms with van der Waals surface area (Å²) in [6, 6.07) is 23.2. The molecule has 0 radical (unpaired) electrons. The number of nitrogens with one attached hydrogen (secondary N) is 1. The average Bonchev–Trinajstić information content (AvgIpc) is 3.25. The van der Waals surface area contributed by atoms with Crippen LogP contribution in [-0.2, 0) is 17.8 Å². The minimum absolute atomic E-state index is 0.00204. The van der Waals surface area contributed by atoms with Gasteiger partial charge in [0.25, 0.3) is 5.91 Å². The summed E-state index contributed by atoms with van der Waals surface area (Å²) in [4.78, 5) is 16.8. The van der Waals surface area contributed by atoms with E-state index < -0.39 is 5.91 Å². The Bertz CT molecular complexity index is 1330. The third kappa shape index (κ3) is 4.82. The zero-order valence-corrected chi connectivity index (χ0v) is 18.8. The van der Waals surface area contributed by atoms with Crippen LogP contribution in [-0.4, -0.2) is 27.0 Å². The van der Waals surface area contributed by atoms with Crippen LogP contribution in [0, 0.1) is 11.2 Å². The van der Waals surface area contributed by atoms with Crippen LogP contribution in [0.15, 0.2) is 94.5 Å². The third-order valence-electron chi connectivity index (χ3n) is 5.20. The topological polar surface area (TPSA) is 78.1 Å². The van der Waals surface area contributed by atoms with Gasteiger partial charge in [-0.05, 0) is 58.8 Å². The molecule has 0 saturated heterocycles. The second-order valence-electron chi connectivity index (χ2n) is 7.66. The molecule has 34 heavy (non-hydrogen) atoms. The molecule has 0 aromatic heterocycles. The molecule has 0 fully saturated rings. The number of hydrazone groups is 1. The summed E-state index contributed by atoms with van der Waals surface area (Å²) in [5.74, 6) is -0.104. The predicted octanol–water partition coefficient (Wildman–Crippen LogP) is 5.27. The van der Waals surface area contributed by atoms with Crippen molar-refractivity contribution in [3.05, 3.63) is 107 Å². The Morgan fingerprint density at radius 2 is 1.71 bits per heavy atom. The average molecular weight is 471 g/mol. The maximum atomic E-state index is 13.0. The standard InChI is InChI=1S/C26H19FN4O2S/c27-20-10-6-19(7-11-20)16-33-21-12-8-18(9-13-21)14-22-24(28)31-26(29-25(22)32)34-23(30-31)15-17-4-2-1-3-5-17/h1-14,28H,15-16H2. The van der Waals surface area contributed by atoms with Gasteiger partial charge in [0.15, 0.2) is 5.84 Å². The van der Waals surface area contributed by atoms with E-state index in [0.717, 1.165) is 21.7 Å². The van der Waals surface area contributed by atoms with Crippen LogP contribution in [0.1, 0.15) is 16.7 Å². The Morgan fingerprint density at radius 3 is 2.44 bits per heavy atom. The SMILES string of the molecule is N=C1C(=Cc2ccc(OCc3ccc(F)cc3)cc2)C(=O)N=C2SC(Cc3ccccc3)=NN12. The van der Waals surface area contributed by atoms with Crippen molar-refractivity contribution >= 4 is 39.8 Å². The first-order valence-corrected chi connectivity index (χ1v) is 11.4. The highest BCUT2D eigenvalue weighted by atomic mass is 32.2. The van der Waals surface area contributed by atoms with E-state index in [1.54, 1.807) is 42.5 Å². The Hall–Kier alpha value is -4.04. The fourth-order valence-corrected chi connectivity index (χ4v) is 4.37. The van der Waals surface area contributed by atoms with Crippen molar-refractivity contribution in [1.82, 2.24) is 5.01 Å². The second-order valence-corrected chi connectivity index (χ2v) is 8.70. The van der Waals surface area contributed by atoms with E-state index in [4.69, 9.17) is 10.1 Å². The zero-order chi connectivity index (χ0) is 23.5. The number of amides is 1. The quantitative estimate of drug-likeness (QED) is 0.498. The Kier molecular flexibility index (Phi) is 6.05. The van der Waals surface area contributed by atoms with Crippen LogP contribution in [0.2, 0.25) is 0 Å². The van der Waals surface area contributed by atoms with Crippen LogP contribution in [0.4, 0.5) is 4.39 Å². The molecule has 6 nitrogen and oxygen atoms in total. The molecule has 0 aliphatic carbocycles. The molecule has 0 unspecified atom stereocenters. The maximum Gasteiger partial charge on any atom is 0.283 e. The van der Waals surface area contributed by atoms with Gasteiger partial charge in [0, 0.05) is 6.42 Å². The van der Waals surface area contributed by atoms with Gasteiger partial charge in [0.2, 0.25) is 5.17 Å². The van der Waals surface area contributed by atoms with Crippen molar-refractivity contribution < 1.29 is 13.9 Å². The molecule has 1 N–H and O–H groups in total. The van der Waals surface area contributed by atoms with E-state index in [2.05, 4.69) is 10.1 Å². The molecular weight excluding hydrogens is 451 g/mol. The number of hydrogen-bond acceptors (Lipinski definition) is 5. The summed E-state index contributed by atoms with van der Waals surface area (Å²) in [6.45, 7) is 0.317. The van der Waals surface area contributed by atoms with Gasteiger partial charge in [-0.25, -0.2) is 4.39 Å². The van der Waals surface area contributed by atoms with E-state index in [1.807, 2.05) is 30.3 Å². The van der Waals surface area contributed by atoms with Crippen molar-refractivity contribution in [2.24, 2.45) is 10.1 Å². The van der Waals surface area contributed by atoms with Gasteiger partial charge in [-0.3, -0.25) is 10.2 Å². The first kappa shape index (κ1) is 21.8. The van der Waals surface area contributed by atoms with Gasteiger partial charge < -0.3 is 4.74 Å². The van der Waals surface area contributed by atoms with E-state index in [0.29, 0.717) is 23.9 Å². The van der Waals surface area contributed by atoms with E-state index in [1.165, 1.54) is 28.9 Å². The van der Waals surface area contributed by atoms with E-state index >= 15 is 0 Å². The van der Waals surface area contributed by atoms with Gasteiger partial charge >= 0.3 is 0 Å². The summed E-state index contributed by atoms with van der Waals surface area (Å²) in [6.07, 6.45) is 2.24. The minimum Gasteiger partial charge on any atom is -0.489 e. The molecular formula is C26H19FN4O2S. The lowest BCUT2D eigenvalue weighted by Crippen LogP contribution is -2.35. The molecule has 2 heterocycles. The van der Waals surface area contributed by atoms with Gasteiger partial charge in [-0.1, -0.05) is 54.6 Å². The number of fused-ring (bicyclic) bond motifs is 1. The number of hydrogen-bond donors (Lipinski definition) is 1. The van der Waals surface area contributed by atoms with Crippen molar-refractivity contribution in [2.75, 3.05) is 0 Å². The molecule has 168 valence electrons. The molecule has 2 aliphatic heterocycles. The number of benzene rings is 3. The molecule has 0 bridgehead atoms. The number of carbonyl (C=O) groups is 1. The highest BCUT2D eigenvalue weighted by Gasteiger charge is 2.35. The second kappa shape index (κ2) is 9.44. The van der Waals surface area contributed by atoms with Crippen molar-refractivity contribution in [3.8, 4) is 5.75 Å². The van der Waals surface area contributed by atoms with Crippen LogP contribution in [0.25, 0.3) is 6.08 Å². The Labute approximate surface area is 200 Å². The lowest BCUT2D eigenvalue weighted by Gasteiger charge is -2.20. The third-order valence-corrected chi connectivity index (χ3v) is 6.11. The van der Waals surface area contributed by atoms with Crippen LogP contribution < -0.4 is 4.74 Å². The molecule has 0 saturated carbocycles. The monoisotopic (exact) mass is 470 g/mol. The normalized spacial score (nSPS) is 16.4. The molecule has 1 amide bonds. The Balaban J connectivity index is 1.28. The number of ether oxygens (including phenoxy) is 1. The number of carbonyl (C=O) groups excluding carboxylic acids is 1. The van der Waals surface area contributed by atoms with Gasteiger partial charge in [0.05, 0.1) is 5.57 Å². The van der Waals surface area contributed by atoms with Crippen molar-refractivity contribution in [3.63, 3.8) is 0 Å². The summed E-state index contributed by atoms with van der Waals surface area (Å²) in [5, 5.41) is 15.6. The fraction of sp³-hybridized carbons (Fsp3) is 0.0769. The van der Waals surface area contributed by atoms with E-state index in [-0.39, 0.29) is 17.2 Å². The van der Waals surface area contributed by atoms with Gasteiger partial charge in [0.1, 0.15) is 23.2 Å². The largest absolute Gasteiger partial charge is 0.489 e. The maximum absolute atomic E-state index is 13.0. The summed E-state index contributed by atoms with van der Waals surface area (Å²) < 4.78 is 18.8. The number of aliphatic imine (C=N–C) groups is 1. The molecule has 5 rings (SSSR count). The molecule has 2 aliphatic rings. The minimum atomic E-state index is -0.462. The number of halogens is 1. The first-order chi connectivity index (χ1) is 16.5. The van der Waals surface area contributed by atoms with E-state index in [9.17, 15) is 9.18 Å². The Morgan fingerprint density at radius 1 is 0.971 bits per heavy atom. The van der Waals surface area contributed by atoms with Crippen LogP contribution >= 0.6 is 11.8 Å². The molecule has 0 atom stereocenters. The number of amidine groups is 2. The predicted molar refractivity (Wildman–Crippen MR) is 132 cm³/mol. The molecule has 3 aromatic carbocycles. The number of rotatable bonds is 6. The summed E-state index contributed by atoms with van der Waals surface area (Å²) in [7, 11) is 0. The van der Waals surface area contributed by atoms with Crippen LogP contribution in [0.3, 0.4) is 0 Å². The number of nitrogens with zero attached hydrogens (tertiary/aromatic N) is 3. The molecule has 8 heteroatoms. The van der Waals surface area contributed by atoms with Crippen molar-refractivity contribution in [2.45, 2.75) is 13.0 Å². The summed E-state index contributed by atoms with van der Waals surface area (Å²) >= 11 is 1.31. The highest BCUT2D eigenvalue weighted by molar-refractivity contribution is 8.26. The lowest BCUT2D eigenvalue weighted by molar-refractivity contribution is -0.114. The zero-order valence-electron chi connectivity index (χ0n) is 17.9. The summed E-state index contributed by atoms with van der Waals surface area (Å²) in [5.41, 5.74) is 2.87. The molecule has 0 spiro atoms. The van der Waals surface area contributed by atoms with Gasteiger partial charge in [-0.15, -0.1) is 0 Å². The number of thioether (sulfide) groups is 1. The van der Waals surface area contributed by atoms with Crippen molar-refractivity contribution in [1.29, 1.82) is 5.41 Å². The lowest BCUT2D eigenvalue weighted by atomic mass is 10.1. The van der Waals surface area contributed by atoms with Crippen LogP contribution in [0.5, 0.6) is 5.75 Å². The van der Waals surface area contributed by atoms with Gasteiger partial charge in [-0.2, -0.15) is 15.1 Å². The molecule has 3 aromatic rings. The first-order valence-electron chi connectivity index (χ1n) is 10.6.